The molecule has 5 N–H and O–H groups in total. The van der Waals surface area contributed by atoms with Crippen LogP contribution in [-0.4, -0.2) is 68.2 Å². The topological polar surface area (TPSA) is 156 Å². The molecule has 1 aliphatic rings. The number of likely N-dealkylation sites (N-methyl/N-ethyl adjacent to an activating group) is 2. The number of piperidine rings is 1. The summed E-state index contributed by atoms with van der Waals surface area (Å²) in [6.07, 6.45) is 3.77. The van der Waals surface area contributed by atoms with Crippen molar-refractivity contribution in [3.05, 3.63) is 35.9 Å². The fourth-order valence-corrected chi connectivity index (χ4v) is 6.60. The minimum Gasteiger partial charge on any atom is -0.399 e. The Balaban J connectivity index is 2.42. The minimum absolute atomic E-state index is 0.0908. The number of hydrogen-bond acceptors (Lipinski definition) is 7. The van der Waals surface area contributed by atoms with Crippen molar-refractivity contribution in [1.29, 1.82) is 0 Å². The second-order valence-electron chi connectivity index (χ2n) is 12.0. The standard InChI is InChI=1S/C28H45N5O5S/c1-18(2)22(17-19(3)24(34)31-39(37,38)21-13-11-20(29)12-14-21)33(8)25(35)23(27(4,5)6)28(26(30)36)15-9-10-16-32(28)7/h11-14,17-18,22-23H,9-10,15-16,29H2,1-8H3,(H2,30,36)(H,31,34)/b19-17+/t22-,23+,28?/m1/s1. The Hall–Kier alpha value is -2.92. The molecular weight excluding hydrogens is 518 g/mol. The summed E-state index contributed by atoms with van der Waals surface area (Å²) in [5.74, 6) is -2.44. The van der Waals surface area contributed by atoms with E-state index in [1.165, 1.54) is 31.2 Å². The summed E-state index contributed by atoms with van der Waals surface area (Å²) in [6.45, 7) is 11.8. The highest BCUT2D eigenvalue weighted by Gasteiger charge is 2.57. The molecule has 10 nitrogen and oxygen atoms in total. The first-order chi connectivity index (χ1) is 17.9. The Morgan fingerprint density at radius 3 is 2.15 bits per heavy atom. The summed E-state index contributed by atoms with van der Waals surface area (Å²) in [5, 5.41) is 0. The Morgan fingerprint density at radius 1 is 1.13 bits per heavy atom. The van der Waals surface area contributed by atoms with Crippen molar-refractivity contribution in [1.82, 2.24) is 14.5 Å². The molecule has 0 aromatic heterocycles. The number of nitrogens with two attached hydrogens (primary N) is 2. The van der Waals surface area contributed by atoms with Crippen molar-refractivity contribution >= 4 is 33.4 Å². The van der Waals surface area contributed by atoms with Crippen LogP contribution in [0.3, 0.4) is 0 Å². The first-order valence-corrected chi connectivity index (χ1v) is 14.7. The third-order valence-electron chi connectivity index (χ3n) is 7.67. The van der Waals surface area contributed by atoms with Crippen LogP contribution in [0, 0.1) is 17.3 Å². The molecular formula is C28H45N5O5S. The lowest BCUT2D eigenvalue weighted by atomic mass is 9.63. The number of hydrogen-bond donors (Lipinski definition) is 3. The summed E-state index contributed by atoms with van der Waals surface area (Å²) < 4.78 is 27.5. The molecule has 1 aromatic rings. The molecule has 3 atom stereocenters. The van der Waals surface area contributed by atoms with Gasteiger partial charge in [0.15, 0.2) is 0 Å². The van der Waals surface area contributed by atoms with Crippen LogP contribution in [0.1, 0.15) is 60.8 Å². The van der Waals surface area contributed by atoms with Crippen molar-refractivity contribution in [2.75, 3.05) is 26.4 Å². The van der Waals surface area contributed by atoms with Crippen LogP contribution in [-0.2, 0) is 24.4 Å². The highest BCUT2D eigenvalue weighted by molar-refractivity contribution is 7.90. The van der Waals surface area contributed by atoms with Gasteiger partial charge in [-0.1, -0.05) is 40.7 Å². The quantitative estimate of drug-likeness (QED) is 0.308. The highest BCUT2D eigenvalue weighted by atomic mass is 32.2. The molecule has 0 bridgehead atoms. The smallest absolute Gasteiger partial charge is 0.264 e. The first kappa shape index (κ1) is 32.3. The number of amides is 3. The fourth-order valence-electron chi connectivity index (χ4n) is 5.59. The molecule has 1 saturated heterocycles. The maximum Gasteiger partial charge on any atom is 0.264 e. The predicted octanol–water partition coefficient (Wildman–Crippen LogP) is 2.51. The third kappa shape index (κ3) is 7.00. The first-order valence-electron chi connectivity index (χ1n) is 13.2. The summed E-state index contributed by atoms with van der Waals surface area (Å²) in [6, 6.07) is 4.95. The van der Waals surface area contributed by atoms with E-state index in [1.807, 2.05) is 46.6 Å². The van der Waals surface area contributed by atoms with Crippen molar-refractivity contribution in [3.63, 3.8) is 0 Å². The van der Waals surface area contributed by atoms with Gasteiger partial charge in [0.2, 0.25) is 11.8 Å². The lowest BCUT2D eigenvalue weighted by Gasteiger charge is -2.52. The van der Waals surface area contributed by atoms with E-state index in [0.29, 0.717) is 18.7 Å². The molecule has 0 radical (unpaired) electrons. The average molecular weight is 564 g/mol. The number of nitrogens with zero attached hydrogens (tertiary/aromatic N) is 2. The molecule has 0 saturated carbocycles. The van der Waals surface area contributed by atoms with Crippen LogP contribution in [0.5, 0.6) is 0 Å². The lowest BCUT2D eigenvalue weighted by molar-refractivity contribution is -0.158. The number of carbonyl (C=O) groups excluding carboxylic acids is 3. The molecule has 1 unspecified atom stereocenters. The summed E-state index contributed by atoms with van der Waals surface area (Å²) in [5.41, 5.74) is 10.4. The lowest BCUT2D eigenvalue weighted by Crippen LogP contribution is -2.68. The number of primary amides is 1. The monoisotopic (exact) mass is 563 g/mol. The maximum absolute atomic E-state index is 14.2. The number of sulfonamides is 1. The summed E-state index contributed by atoms with van der Waals surface area (Å²) in [7, 11) is -0.630. The van der Waals surface area contributed by atoms with Crippen molar-refractivity contribution in [2.24, 2.45) is 23.0 Å². The zero-order valence-electron chi connectivity index (χ0n) is 24.4. The molecule has 1 aliphatic heterocycles. The van der Waals surface area contributed by atoms with E-state index >= 15 is 0 Å². The van der Waals surface area contributed by atoms with E-state index in [-0.39, 0.29) is 22.3 Å². The number of nitrogens with one attached hydrogen (secondary N) is 1. The Labute approximate surface area is 233 Å². The van der Waals surface area contributed by atoms with E-state index in [2.05, 4.69) is 4.72 Å². The SMILES string of the molecule is C/C(=C\[C@H](C(C)C)N(C)C(=O)[C@@H](C(C)(C)C)C1(C(N)=O)CCCCN1C)C(=O)NS(=O)(=O)c1ccc(N)cc1. The van der Waals surface area contributed by atoms with Gasteiger partial charge in [-0.3, -0.25) is 19.3 Å². The molecule has 3 amide bonds. The van der Waals surface area contributed by atoms with Gasteiger partial charge in [0.25, 0.3) is 15.9 Å². The van der Waals surface area contributed by atoms with Crippen LogP contribution in [0.15, 0.2) is 40.8 Å². The van der Waals surface area contributed by atoms with Gasteiger partial charge in [-0.25, -0.2) is 13.1 Å². The zero-order valence-corrected chi connectivity index (χ0v) is 25.3. The van der Waals surface area contributed by atoms with E-state index in [1.54, 1.807) is 18.0 Å². The van der Waals surface area contributed by atoms with Gasteiger partial charge in [-0.15, -0.1) is 0 Å². The second-order valence-corrected chi connectivity index (χ2v) is 13.7. The molecule has 218 valence electrons. The summed E-state index contributed by atoms with van der Waals surface area (Å²) >= 11 is 0. The van der Waals surface area contributed by atoms with E-state index < -0.39 is 44.8 Å². The largest absolute Gasteiger partial charge is 0.399 e. The van der Waals surface area contributed by atoms with Crippen LogP contribution in [0.4, 0.5) is 5.69 Å². The highest BCUT2D eigenvalue weighted by Crippen LogP contribution is 2.44. The van der Waals surface area contributed by atoms with Gasteiger partial charge >= 0.3 is 0 Å². The number of anilines is 1. The van der Waals surface area contributed by atoms with Gasteiger partial charge in [0.05, 0.1) is 16.9 Å². The van der Waals surface area contributed by atoms with E-state index in [0.717, 1.165) is 12.8 Å². The number of nitrogen functional groups attached to an aromatic ring is 1. The van der Waals surface area contributed by atoms with Crippen LogP contribution in [0.2, 0.25) is 0 Å². The van der Waals surface area contributed by atoms with Crippen LogP contribution >= 0.6 is 0 Å². The maximum atomic E-state index is 14.2. The zero-order chi connectivity index (χ0) is 29.9. The number of carbonyl (C=O) groups is 3. The number of rotatable bonds is 9. The Kier molecular flexibility index (Phi) is 10.0. The number of likely N-dealkylation sites (tertiary alicyclic amines) is 1. The molecule has 0 spiro atoms. The molecule has 2 rings (SSSR count). The minimum atomic E-state index is -4.12. The van der Waals surface area contributed by atoms with E-state index in [4.69, 9.17) is 11.5 Å². The van der Waals surface area contributed by atoms with Crippen molar-refractivity contribution in [2.45, 2.75) is 77.3 Å². The van der Waals surface area contributed by atoms with Gasteiger partial charge in [-0.05, 0) is 75.4 Å². The molecule has 0 aliphatic carbocycles. The average Bonchev–Trinajstić information content (AvgIpc) is 2.82. The Bertz CT molecular complexity index is 1200. The van der Waals surface area contributed by atoms with Crippen LogP contribution in [0.25, 0.3) is 0 Å². The molecule has 1 fully saturated rings. The molecule has 1 aromatic carbocycles. The second kappa shape index (κ2) is 12.1. The summed E-state index contributed by atoms with van der Waals surface area (Å²) in [4.78, 5) is 43.6. The van der Waals surface area contributed by atoms with Gasteiger partial charge in [-0.2, -0.15) is 0 Å². The van der Waals surface area contributed by atoms with Crippen molar-refractivity contribution in [3.8, 4) is 0 Å². The number of benzene rings is 1. The normalized spacial score (nSPS) is 20.8. The molecule has 11 heteroatoms. The predicted molar refractivity (Wildman–Crippen MR) is 153 cm³/mol. The molecule has 39 heavy (non-hydrogen) atoms. The van der Waals surface area contributed by atoms with Gasteiger partial charge in [0.1, 0.15) is 5.54 Å². The molecule has 1 heterocycles. The van der Waals surface area contributed by atoms with Crippen LogP contribution < -0.4 is 16.2 Å². The van der Waals surface area contributed by atoms with Gasteiger partial charge in [0, 0.05) is 18.3 Å². The third-order valence-corrected chi connectivity index (χ3v) is 9.02. The fraction of sp³-hybridized carbons (Fsp3) is 0.607. The Morgan fingerprint density at radius 2 is 1.69 bits per heavy atom. The van der Waals surface area contributed by atoms with E-state index in [9.17, 15) is 22.8 Å². The van der Waals surface area contributed by atoms with Gasteiger partial charge < -0.3 is 16.4 Å². The van der Waals surface area contributed by atoms with Crippen molar-refractivity contribution < 1.29 is 22.8 Å².